The molecule has 10 nitrogen and oxygen atoms in total. The van der Waals surface area contributed by atoms with Crippen molar-refractivity contribution in [2.24, 2.45) is 5.92 Å². The number of carbonyl (C=O) groups excluding carboxylic acids is 1. The Hall–Kier alpha value is -3.92. The minimum absolute atomic E-state index is 0.00833. The van der Waals surface area contributed by atoms with Gasteiger partial charge in [0.05, 0.1) is 29.9 Å². The highest BCUT2D eigenvalue weighted by molar-refractivity contribution is 7.16. The minimum Gasteiger partial charge on any atom is -0.393 e. The Morgan fingerprint density at radius 2 is 1.95 bits per heavy atom. The highest BCUT2D eigenvalue weighted by atomic mass is 32.1. The van der Waals surface area contributed by atoms with Gasteiger partial charge in [0.2, 0.25) is 0 Å². The predicted molar refractivity (Wildman–Crippen MR) is 156 cm³/mol. The monoisotopic (exact) mass is 574 g/mol. The van der Waals surface area contributed by atoms with Gasteiger partial charge in [-0.05, 0) is 50.1 Å². The first-order valence-corrected chi connectivity index (χ1v) is 14.6. The molecule has 1 N–H and O–H groups in total. The fourth-order valence-electron chi connectivity index (χ4n) is 5.53. The van der Waals surface area contributed by atoms with Gasteiger partial charge in [0, 0.05) is 51.3 Å². The number of aromatic nitrogens is 4. The Morgan fingerprint density at radius 1 is 1.22 bits per heavy atom. The lowest BCUT2D eigenvalue weighted by molar-refractivity contribution is -0.130. The molecule has 0 spiro atoms. The molecule has 4 aromatic rings. The fraction of sp³-hybridized carbons (Fsp3) is 0.414. The summed E-state index contributed by atoms with van der Waals surface area (Å²) in [5.74, 6) is 0.725. The number of halogens is 1. The molecule has 1 aromatic carbocycles. The number of carbonyl (C=O) groups is 1. The summed E-state index contributed by atoms with van der Waals surface area (Å²) in [7, 11) is 1.90. The third kappa shape index (κ3) is 5.28. The summed E-state index contributed by atoms with van der Waals surface area (Å²) in [5.41, 5.74) is 2.82. The van der Waals surface area contributed by atoms with Crippen LogP contribution in [-0.4, -0.2) is 81.4 Å². The Kier molecular flexibility index (Phi) is 7.42. The SMILES string of the molecule is CCn1nc2ncc(N3CCN(CC(=O)C4CC(O)C4)CC3)cc2c1N(C)c1nc(-c2ccc(F)cc2)c(C#N)s1. The van der Waals surface area contributed by atoms with Crippen molar-refractivity contribution in [3.05, 3.63) is 47.2 Å². The molecule has 41 heavy (non-hydrogen) atoms. The van der Waals surface area contributed by atoms with Crippen LogP contribution in [0.5, 0.6) is 0 Å². The van der Waals surface area contributed by atoms with E-state index in [1.165, 1.54) is 23.5 Å². The Labute approximate surface area is 241 Å². The zero-order valence-corrected chi connectivity index (χ0v) is 23.8. The van der Waals surface area contributed by atoms with Gasteiger partial charge in [0.15, 0.2) is 10.8 Å². The first-order chi connectivity index (χ1) is 19.8. The van der Waals surface area contributed by atoms with E-state index >= 15 is 0 Å². The lowest BCUT2D eigenvalue weighted by atomic mass is 9.79. The summed E-state index contributed by atoms with van der Waals surface area (Å²) in [6.07, 6.45) is 2.72. The smallest absolute Gasteiger partial charge is 0.192 e. The molecule has 0 amide bonds. The number of hydrogen-bond acceptors (Lipinski definition) is 10. The Morgan fingerprint density at radius 3 is 2.61 bits per heavy atom. The molecule has 0 radical (unpaired) electrons. The minimum atomic E-state index is -0.342. The van der Waals surface area contributed by atoms with E-state index in [1.54, 1.807) is 12.1 Å². The molecule has 1 saturated carbocycles. The number of aryl methyl sites for hydroxylation is 1. The number of benzene rings is 1. The van der Waals surface area contributed by atoms with Crippen LogP contribution in [0.1, 0.15) is 24.6 Å². The van der Waals surface area contributed by atoms with Crippen LogP contribution >= 0.6 is 11.3 Å². The van der Waals surface area contributed by atoms with Crippen LogP contribution in [0.2, 0.25) is 0 Å². The molecule has 0 bridgehead atoms. The molecule has 6 rings (SSSR count). The maximum Gasteiger partial charge on any atom is 0.192 e. The molecule has 0 atom stereocenters. The number of hydrogen-bond donors (Lipinski definition) is 1. The third-order valence-electron chi connectivity index (χ3n) is 7.98. The quantitative estimate of drug-likeness (QED) is 0.335. The number of anilines is 3. The summed E-state index contributed by atoms with van der Waals surface area (Å²) in [5, 5.41) is 25.5. The highest BCUT2D eigenvalue weighted by Crippen LogP contribution is 2.38. The Balaban J connectivity index is 1.24. The summed E-state index contributed by atoms with van der Waals surface area (Å²) in [4.78, 5) is 28.8. The normalized spacial score (nSPS) is 19.2. The van der Waals surface area contributed by atoms with Gasteiger partial charge in [0.1, 0.15) is 34.1 Å². The molecular weight excluding hydrogens is 543 g/mol. The second-order valence-electron chi connectivity index (χ2n) is 10.6. The van der Waals surface area contributed by atoms with E-state index in [9.17, 15) is 19.6 Å². The second-order valence-corrected chi connectivity index (χ2v) is 11.6. The number of thiazole rings is 1. The number of pyridine rings is 1. The molecule has 212 valence electrons. The molecular formula is C29H31FN8O2S. The number of aliphatic hydroxyl groups excluding tert-OH is 1. The molecule has 1 aliphatic carbocycles. The van der Waals surface area contributed by atoms with E-state index in [1.807, 2.05) is 29.7 Å². The van der Waals surface area contributed by atoms with Crippen LogP contribution < -0.4 is 9.80 Å². The van der Waals surface area contributed by atoms with Crippen molar-refractivity contribution in [1.29, 1.82) is 5.26 Å². The topological polar surface area (TPSA) is 114 Å². The van der Waals surface area contributed by atoms with Gasteiger partial charge < -0.3 is 14.9 Å². The van der Waals surface area contributed by atoms with Crippen molar-refractivity contribution in [2.75, 3.05) is 49.6 Å². The van der Waals surface area contributed by atoms with Crippen molar-refractivity contribution < 1.29 is 14.3 Å². The van der Waals surface area contributed by atoms with Gasteiger partial charge in [-0.3, -0.25) is 9.69 Å². The number of Topliss-reactive ketones (excluding diaryl/α,β-unsaturated/α-hetero) is 1. The lowest BCUT2D eigenvalue weighted by Crippen LogP contribution is -2.49. The van der Waals surface area contributed by atoms with Gasteiger partial charge in [-0.15, -0.1) is 0 Å². The average Bonchev–Trinajstić information content (AvgIpc) is 3.57. The third-order valence-corrected chi connectivity index (χ3v) is 9.01. The van der Waals surface area contributed by atoms with E-state index in [0.29, 0.717) is 52.8 Å². The van der Waals surface area contributed by atoms with Crippen LogP contribution in [-0.2, 0) is 11.3 Å². The zero-order valence-electron chi connectivity index (χ0n) is 23.0. The molecule has 2 aliphatic rings. The number of nitriles is 1. The molecule has 12 heteroatoms. The summed E-state index contributed by atoms with van der Waals surface area (Å²) in [6, 6.07) is 10.3. The number of nitrogens with zero attached hydrogens (tertiary/aromatic N) is 8. The van der Waals surface area contributed by atoms with Gasteiger partial charge in [0.25, 0.3) is 0 Å². The van der Waals surface area contributed by atoms with Gasteiger partial charge in [-0.25, -0.2) is 19.0 Å². The van der Waals surface area contributed by atoms with Crippen molar-refractivity contribution >= 4 is 44.8 Å². The number of piperazine rings is 1. The molecule has 0 unspecified atom stereocenters. The van der Waals surface area contributed by atoms with Crippen LogP contribution in [0.4, 0.5) is 21.0 Å². The Bertz CT molecular complexity index is 1610. The average molecular weight is 575 g/mol. The molecule has 2 fully saturated rings. The summed E-state index contributed by atoms with van der Waals surface area (Å²) >= 11 is 1.28. The largest absolute Gasteiger partial charge is 0.393 e. The highest BCUT2D eigenvalue weighted by Gasteiger charge is 2.34. The molecule has 3 aromatic heterocycles. The van der Waals surface area contributed by atoms with Crippen molar-refractivity contribution in [2.45, 2.75) is 32.4 Å². The first kappa shape index (κ1) is 27.3. The van der Waals surface area contributed by atoms with Gasteiger partial charge >= 0.3 is 0 Å². The number of rotatable bonds is 8. The van der Waals surface area contributed by atoms with E-state index < -0.39 is 0 Å². The first-order valence-electron chi connectivity index (χ1n) is 13.8. The number of aliphatic hydroxyl groups is 1. The lowest BCUT2D eigenvalue weighted by Gasteiger charge is -2.37. The van der Waals surface area contributed by atoms with Crippen LogP contribution in [0.15, 0.2) is 36.5 Å². The molecule has 4 heterocycles. The van der Waals surface area contributed by atoms with E-state index in [2.05, 4.69) is 26.9 Å². The van der Waals surface area contributed by atoms with Gasteiger partial charge in [-0.2, -0.15) is 10.4 Å². The van der Waals surface area contributed by atoms with E-state index in [4.69, 9.17) is 10.1 Å². The standard InChI is InChI=1S/C29H31FN8O2S/c1-3-38-28(35(2)29-33-26(25(15-31)41-29)18-4-6-20(30)7-5-18)23-14-21(16-32-27(23)34-38)37-10-8-36(9-11-37)17-24(40)19-12-22(39)13-19/h4-7,14,16,19,22,39H,3,8-13,17H2,1-2H3. The van der Waals surface area contributed by atoms with Crippen LogP contribution in [0, 0.1) is 23.1 Å². The zero-order chi connectivity index (χ0) is 28.7. The fourth-order valence-corrected chi connectivity index (χ4v) is 6.37. The summed E-state index contributed by atoms with van der Waals surface area (Å²) < 4.78 is 15.4. The maximum absolute atomic E-state index is 13.5. The van der Waals surface area contributed by atoms with Gasteiger partial charge in [-0.1, -0.05) is 11.3 Å². The summed E-state index contributed by atoms with van der Waals surface area (Å²) in [6.45, 7) is 6.20. The van der Waals surface area contributed by atoms with Crippen LogP contribution in [0.3, 0.4) is 0 Å². The van der Waals surface area contributed by atoms with Crippen molar-refractivity contribution in [3.8, 4) is 17.3 Å². The molecule has 1 aliphatic heterocycles. The van der Waals surface area contributed by atoms with Crippen LogP contribution in [0.25, 0.3) is 22.3 Å². The predicted octanol–water partition coefficient (Wildman–Crippen LogP) is 3.82. The van der Waals surface area contributed by atoms with Crippen molar-refractivity contribution in [3.63, 3.8) is 0 Å². The van der Waals surface area contributed by atoms with E-state index in [0.717, 1.165) is 43.1 Å². The molecule has 1 saturated heterocycles. The van der Waals surface area contributed by atoms with E-state index in [-0.39, 0.29) is 23.6 Å². The second kappa shape index (κ2) is 11.2. The number of fused-ring (bicyclic) bond motifs is 1. The maximum atomic E-state index is 13.5. The number of ketones is 1. The van der Waals surface area contributed by atoms with Crippen molar-refractivity contribution in [1.82, 2.24) is 24.6 Å².